The molecule has 194 valence electrons. The first-order chi connectivity index (χ1) is 17.7. The second-order valence-corrected chi connectivity index (χ2v) is 12.8. The summed E-state index contributed by atoms with van der Waals surface area (Å²) < 4.78 is 60.8. The number of hydrogen-bond donors (Lipinski definition) is 1. The highest BCUT2D eigenvalue weighted by Gasteiger charge is 2.37. The highest BCUT2D eigenvalue weighted by molar-refractivity contribution is 7.92. The Bertz CT molecular complexity index is 1490. The molecule has 11 heteroatoms. The summed E-state index contributed by atoms with van der Waals surface area (Å²) in [6.07, 6.45) is 0.583. The van der Waals surface area contributed by atoms with Crippen molar-refractivity contribution in [3.8, 4) is 5.75 Å². The van der Waals surface area contributed by atoms with Gasteiger partial charge in [0.1, 0.15) is 5.75 Å². The fraction of sp³-hybridized carbons (Fsp3) is 0.269. The van der Waals surface area contributed by atoms with E-state index >= 15 is 0 Å². The number of hydrogen-bond acceptors (Lipinski definition) is 6. The molecule has 0 aliphatic carbocycles. The van der Waals surface area contributed by atoms with Crippen LogP contribution in [-0.2, 0) is 30.6 Å². The fourth-order valence-electron chi connectivity index (χ4n) is 4.48. The van der Waals surface area contributed by atoms with Crippen LogP contribution >= 0.6 is 0 Å². The Labute approximate surface area is 216 Å². The summed E-state index contributed by atoms with van der Waals surface area (Å²) in [5, 5.41) is 2.72. The molecular formula is C26H27N3O6S2. The van der Waals surface area contributed by atoms with Gasteiger partial charge in [-0.2, -0.15) is 4.31 Å². The Morgan fingerprint density at radius 1 is 0.865 bits per heavy atom. The third kappa shape index (κ3) is 5.34. The standard InChI is InChI=1S/C26H27N3O6S2/c30-26(27-21-12-14-22(15-13-21)37(33,34)28-16-6-7-17-28)25-18-29(23-10-4-5-11-24(23)35-25)36(31,32)19-20-8-2-1-3-9-20/h1-5,8-15,25H,6-7,16-19H2,(H,27,30)/t25-/m1/s1. The number of ether oxygens (including phenoxy) is 1. The molecule has 0 bridgehead atoms. The van der Waals surface area contributed by atoms with E-state index in [4.69, 9.17) is 4.74 Å². The molecule has 2 aliphatic rings. The van der Waals surface area contributed by atoms with Crippen molar-refractivity contribution in [1.29, 1.82) is 0 Å². The van der Waals surface area contributed by atoms with Crippen LogP contribution in [0.2, 0.25) is 0 Å². The van der Waals surface area contributed by atoms with E-state index in [0.717, 1.165) is 12.8 Å². The van der Waals surface area contributed by atoms with Gasteiger partial charge in [0, 0.05) is 18.8 Å². The molecule has 37 heavy (non-hydrogen) atoms. The molecule has 9 nitrogen and oxygen atoms in total. The van der Waals surface area contributed by atoms with Crippen molar-refractivity contribution in [2.24, 2.45) is 0 Å². The number of rotatable bonds is 7. The van der Waals surface area contributed by atoms with E-state index in [9.17, 15) is 21.6 Å². The molecular weight excluding hydrogens is 514 g/mol. The summed E-state index contributed by atoms with van der Waals surface area (Å²) in [5.41, 5.74) is 1.39. The first-order valence-corrected chi connectivity index (χ1v) is 15.0. The Balaban J connectivity index is 1.33. The van der Waals surface area contributed by atoms with Gasteiger partial charge in [-0.25, -0.2) is 16.8 Å². The largest absolute Gasteiger partial charge is 0.476 e. The van der Waals surface area contributed by atoms with Crippen LogP contribution in [-0.4, -0.2) is 52.8 Å². The minimum Gasteiger partial charge on any atom is -0.476 e. The van der Waals surface area contributed by atoms with Gasteiger partial charge in [-0.05, 0) is 54.8 Å². The van der Waals surface area contributed by atoms with Crippen molar-refractivity contribution in [1.82, 2.24) is 4.31 Å². The maximum atomic E-state index is 13.4. The number of sulfonamides is 2. The third-order valence-electron chi connectivity index (χ3n) is 6.38. The number of benzene rings is 3. The lowest BCUT2D eigenvalue weighted by Crippen LogP contribution is -2.49. The fourth-order valence-corrected chi connectivity index (χ4v) is 7.58. The molecule has 0 spiro atoms. The topological polar surface area (TPSA) is 113 Å². The van der Waals surface area contributed by atoms with E-state index in [-0.39, 0.29) is 22.9 Å². The minimum atomic E-state index is -3.82. The molecule has 1 atom stereocenters. The molecule has 0 aromatic heterocycles. The maximum Gasteiger partial charge on any atom is 0.267 e. The lowest BCUT2D eigenvalue weighted by molar-refractivity contribution is -0.122. The van der Waals surface area contributed by atoms with Crippen molar-refractivity contribution in [2.75, 3.05) is 29.3 Å². The Morgan fingerprint density at radius 3 is 2.22 bits per heavy atom. The SMILES string of the molecule is O=C(Nc1ccc(S(=O)(=O)N2CCCC2)cc1)[C@H]1CN(S(=O)(=O)Cc2ccccc2)c2ccccc2O1. The number of nitrogens with one attached hydrogen (secondary N) is 1. The van der Waals surface area contributed by atoms with Gasteiger partial charge in [-0.3, -0.25) is 9.10 Å². The normalized spacial score (nSPS) is 18.2. The molecule has 3 aromatic rings. The van der Waals surface area contributed by atoms with Crippen molar-refractivity contribution in [2.45, 2.75) is 29.6 Å². The van der Waals surface area contributed by atoms with Crippen LogP contribution in [0.15, 0.2) is 83.8 Å². The number of nitrogens with zero attached hydrogens (tertiary/aromatic N) is 2. The number of anilines is 2. The summed E-state index contributed by atoms with van der Waals surface area (Å²) >= 11 is 0. The van der Waals surface area contributed by atoms with Gasteiger partial charge in [0.15, 0.2) is 6.10 Å². The second kappa shape index (κ2) is 10.2. The molecule has 3 aromatic carbocycles. The van der Waals surface area contributed by atoms with Crippen LogP contribution in [0.3, 0.4) is 0 Å². The molecule has 0 radical (unpaired) electrons. The van der Waals surface area contributed by atoms with E-state index in [1.165, 1.54) is 32.9 Å². The van der Waals surface area contributed by atoms with Gasteiger partial charge in [0.2, 0.25) is 20.0 Å². The van der Waals surface area contributed by atoms with Crippen molar-refractivity contribution in [3.63, 3.8) is 0 Å². The predicted molar refractivity (Wildman–Crippen MR) is 140 cm³/mol. The van der Waals surface area contributed by atoms with Gasteiger partial charge in [0.05, 0.1) is 22.9 Å². The van der Waals surface area contributed by atoms with Crippen LogP contribution in [0, 0.1) is 0 Å². The minimum absolute atomic E-state index is 0.161. The zero-order valence-electron chi connectivity index (χ0n) is 20.0. The number of carbonyl (C=O) groups is 1. The van der Waals surface area contributed by atoms with Gasteiger partial charge < -0.3 is 10.1 Å². The van der Waals surface area contributed by atoms with Gasteiger partial charge in [-0.1, -0.05) is 42.5 Å². The number of amides is 1. The van der Waals surface area contributed by atoms with E-state index in [2.05, 4.69) is 5.32 Å². The number of fused-ring (bicyclic) bond motifs is 1. The zero-order chi connectivity index (χ0) is 26.0. The highest BCUT2D eigenvalue weighted by Crippen LogP contribution is 2.36. The van der Waals surface area contributed by atoms with E-state index < -0.39 is 32.1 Å². The van der Waals surface area contributed by atoms with Gasteiger partial charge >= 0.3 is 0 Å². The molecule has 1 amide bonds. The van der Waals surface area contributed by atoms with Gasteiger partial charge in [-0.15, -0.1) is 0 Å². The second-order valence-electron chi connectivity index (χ2n) is 8.97. The summed E-state index contributed by atoms with van der Waals surface area (Å²) in [6.45, 7) is 0.815. The predicted octanol–water partition coefficient (Wildman–Crippen LogP) is 3.21. The summed E-state index contributed by atoms with van der Waals surface area (Å²) in [4.78, 5) is 13.3. The smallest absolute Gasteiger partial charge is 0.267 e. The van der Waals surface area contributed by atoms with Crippen LogP contribution in [0.4, 0.5) is 11.4 Å². The lowest BCUT2D eigenvalue weighted by Gasteiger charge is -2.34. The number of para-hydroxylation sites is 2. The molecule has 1 saturated heterocycles. The maximum absolute atomic E-state index is 13.4. The third-order valence-corrected chi connectivity index (χ3v) is 10.0. The van der Waals surface area contributed by atoms with Crippen molar-refractivity contribution in [3.05, 3.63) is 84.4 Å². The highest BCUT2D eigenvalue weighted by atomic mass is 32.2. The molecule has 2 heterocycles. The molecule has 1 fully saturated rings. The Hall–Kier alpha value is -3.41. The average Bonchev–Trinajstić information content (AvgIpc) is 3.45. The van der Waals surface area contributed by atoms with E-state index in [0.29, 0.717) is 30.0 Å². The monoisotopic (exact) mass is 541 g/mol. The Kier molecular flexibility index (Phi) is 6.93. The first kappa shape index (κ1) is 25.2. The van der Waals surface area contributed by atoms with Crippen molar-refractivity contribution < 1.29 is 26.4 Å². The molecule has 2 aliphatic heterocycles. The summed E-state index contributed by atoms with van der Waals surface area (Å²) in [7, 11) is -7.38. The molecule has 1 N–H and O–H groups in total. The van der Waals surface area contributed by atoms with Gasteiger partial charge in [0.25, 0.3) is 5.91 Å². The van der Waals surface area contributed by atoms with Crippen molar-refractivity contribution >= 4 is 37.3 Å². The van der Waals surface area contributed by atoms with E-state index in [1.807, 2.05) is 6.07 Å². The molecule has 5 rings (SSSR count). The zero-order valence-corrected chi connectivity index (χ0v) is 21.6. The lowest BCUT2D eigenvalue weighted by atomic mass is 10.2. The van der Waals surface area contributed by atoms with Crippen LogP contribution < -0.4 is 14.4 Å². The molecule has 0 unspecified atom stereocenters. The molecule has 0 saturated carbocycles. The van der Waals surface area contributed by atoms with Crippen LogP contribution in [0.5, 0.6) is 5.75 Å². The summed E-state index contributed by atoms with van der Waals surface area (Å²) in [5.74, 6) is -0.467. The Morgan fingerprint density at radius 2 is 1.51 bits per heavy atom. The quantitative estimate of drug-likeness (QED) is 0.492. The number of carbonyl (C=O) groups excluding carboxylic acids is 1. The average molecular weight is 542 g/mol. The first-order valence-electron chi connectivity index (χ1n) is 12.0. The summed E-state index contributed by atoms with van der Waals surface area (Å²) in [6, 6.07) is 21.5. The van der Waals surface area contributed by atoms with E-state index in [1.54, 1.807) is 48.5 Å². The van der Waals surface area contributed by atoms with Crippen LogP contribution in [0.1, 0.15) is 18.4 Å². The van der Waals surface area contributed by atoms with Crippen LogP contribution in [0.25, 0.3) is 0 Å².